The molecule has 2 heterocycles. The number of hydrogen-bond donors (Lipinski definition) is 1. The first kappa shape index (κ1) is 18.7. The van der Waals surface area contributed by atoms with Crippen LogP contribution >= 0.6 is 0 Å². The van der Waals surface area contributed by atoms with Crippen molar-refractivity contribution in [1.29, 1.82) is 0 Å². The number of hydrogen-bond acceptors (Lipinski definition) is 4. The highest BCUT2D eigenvalue weighted by Crippen LogP contribution is 2.21. The van der Waals surface area contributed by atoms with Gasteiger partial charge in [0.2, 0.25) is 5.91 Å². The van der Waals surface area contributed by atoms with Gasteiger partial charge in [0.25, 0.3) is 0 Å². The van der Waals surface area contributed by atoms with Crippen LogP contribution in [0, 0.1) is 0 Å². The third kappa shape index (κ3) is 4.18. The first-order chi connectivity index (χ1) is 15.2. The van der Waals surface area contributed by atoms with Gasteiger partial charge in [-0.3, -0.25) is 4.79 Å². The molecule has 0 aliphatic rings. The number of amides is 1. The van der Waals surface area contributed by atoms with Crippen molar-refractivity contribution in [3.8, 4) is 22.4 Å². The van der Waals surface area contributed by atoms with Gasteiger partial charge in [0, 0.05) is 11.3 Å². The normalized spacial score (nSPS) is 10.8. The Bertz CT molecular complexity index is 1330. The second-order valence-electron chi connectivity index (χ2n) is 7.22. The van der Waals surface area contributed by atoms with Gasteiger partial charge in [-0.25, -0.2) is 0 Å². The Balaban J connectivity index is 1.23. The molecule has 0 spiro atoms. The highest BCUT2D eigenvalue weighted by atomic mass is 16.1. The summed E-state index contributed by atoms with van der Waals surface area (Å²) < 4.78 is 1.63. The lowest BCUT2D eigenvalue weighted by molar-refractivity contribution is -0.115. The Labute approximate surface area is 179 Å². The Morgan fingerprint density at radius 2 is 1.48 bits per heavy atom. The van der Waals surface area contributed by atoms with Crippen LogP contribution in [0.15, 0.2) is 97.3 Å². The lowest BCUT2D eigenvalue weighted by Gasteiger charge is -2.08. The molecular formula is C25H19N5O. The zero-order chi connectivity index (χ0) is 21.0. The number of carbonyl (C=O) groups is 1. The van der Waals surface area contributed by atoms with Gasteiger partial charge in [-0.1, -0.05) is 66.7 Å². The van der Waals surface area contributed by atoms with E-state index in [9.17, 15) is 4.79 Å². The van der Waals surface area contributed by atoms with E-state index in [0.29, 0.717) is 12.1 Å². The molecule has 6 heteroatoms. The molecule has 0 saturated carbocycles. The maximum atomic E-state index is 12.5. The number of nitrogens with one attached hydrogen (secondary N) is 1. The number of anilines is 1. The van der Waals surface area contributed by atoms with Gasteiger partial charge in [-0.15, -0.1) is 10.2 Å². The van der Waals surface area contributed by atoms with Gasteiger partial charge in [0.1, 0.15) is 6.33 Å². The van der Waals surface area contributed by atoms with Gasteiger partial charge >= 0.3 is 0 Å². The molecule has 1 N–H and O–H groups in total. The molecule has 0 aliphatic heterocycles. The van der Waals surface area contributed by atoms with Crippen molar-refractivity contribution in [3.05, 3.63) is 103 Å². The highest BCUT2D eigenvalue weighted by molar-refractivity contribution is 5.92. The summed E-state index contributed by atoms with van der Waals surface area (Å²) in [6, 6.07) is 29.7. The van der Waals surface area contributed by atoms with E-state index in [0.717, 1.165) is 33.6 Å². The van der Waals surface area contributed by atoms with Gasteiger partial charge in [0.15, 0.2) is 5.65 Å². The molecule has 0 atom stereocenters. The Morgan fingerprint density at radius 3 is 2.26 bits per heavy atom. The topological polar surface area (TPSA) is 72.2 Å². The third-order valence-corrected chi connectivity index (χ3v) is 5.05. The standard InChI is InChI=1S/C25H19N5O/c31-25(16-18-6-8-20(9-7-18)19-4-2-1-3-5-19)27-22-12-10-21(11-13-22)23-14-15-24-28-26-17-30(24)29-23/h1-15,17H,16H2,(H,27,31). The van der Waals surface area contributed by atoms with Gasteiger partial charge in [0.05, 0.1) is 12.1 Å². The minimum Gasteiger partial charge on any atom is -0.326 e. The van der Waals surface area contributed by atoms with Crippen LogP contribution in [-0.2, 0) is 11.2 Å². The van der Waals surface area contributed by atoms with E-state index < -0.39 is 0 Å². The quantitative estimate of drug-likeness (QED) is 0.462. The van der Waals surface area contributed by atoms with Gasteiger partial charge in [-0.05, 0) is 41.0 Å². The summed E-state index contributed by atoms with van der Waals surface area (Å²) in [6.07, 6.45) is 1.89. The van der Waals surface area contributed by atoms with E-state index in [-0.39, 0.29) is 5.91 Å². The Hall–Kier alpha value is -4.32. The molecule has 0 unspecified atom stereocenters. The largest absolute Gasteiger partial charge is 0.326 e. The molecule has 2 aromatic heterocycles. The fraction of sp³-hybridized carbons (Fsp3) is 0.0400. The summed E-state index contributed by atoms with van der Waals surface area (Å²) in [6.45, 7) is 0. The Kier molecular flexibility index (Phi) is 4.94. The minimum absolute atomic E-state index is 0.0516. The molecule has 6 nitrogen and oxygen atoms in total. The van der Waals surface area contributed by atoms with E-state index in [2.05, 4.69) is 32.7 Å². The smallest absolute Gasteiger partial charge is 0.228 e. The number of benzene rings is 3. The molecule has 150 valence electrons. The van der Waals surface area contributed by atoms with Crippen LogP contribution in [0.5, 0.6) is 0 Å². The molecule has 3 aromatic carbocycles. The number of rotatable bonds is 5. The summed E-state index contributed by atoms with van der Waals surface area (Å²) >= 11 is 0. The summed E-state index contributed by atoms with van der Waals surface area (Å²) in [5.41, 5.74) is 6.48. The van der Waals surface area contributed by atoms with Crippen LogP contribution < -0.4 is 5.32 Å². The fourth-order valence-electron chi connectivity index (χ4n) is 3.44. The van der Waals surface area contributed by atoms with E-state index in [1.54, 1.807) is 10.8 Å². The van der Waals surface area contributed by atoms with Crippen molar-refractivity contribution in [2.75, 3.05) is 5.32 Å². The first-order valence-corrected chi connectivity index (χ1v) is 9.96. The monoisotopic (exact) mass is 405 g/mol. The number of fused-ring (bicyclic) bond motifs is 1. The van der Waals surface area contributed by atoms with Gasteiger partial charge < -0.3 is 5.32 Å². The number of aromatic nitrogens is 4. The fourth-order valence-corrected chi connectivity index (χ4v) is 3.44. The van der Waals surface area contributed by atoms with E-state index in [4.69, 9.17) is 0 Å². The predicted octanol–water partition coefficient (Wildman–Crippen LogP) is 4.64. The van der Waals surface area contributed by atoms with Crippen molar-refractivity contribution in [2.45, 2.75) is 6.42 Å². The SMILES string of the molecule is O=C(Cc1ccc(-c2ccccc2)cc1)Nc1ccc(-c2ccc3nncn3n2)cc1. The van der Waals surface area contributed by atoms with Crippen molar-refractivity contribution in [2.24, 2.45) is 0 Å². The maximum Gasteiger partial charge on any atom is 0.228 e. The lowest BCUT2D eigenvalue weighted by atomic mass is 10.0. The molecule has 0 aliphatic carbocycles. The first-order valence-electron chi connectivity index (χ1n) is 9.96. The average Bonchev–Trinajstić information content (AvgIpc) is 3.29. The second-order valence-corrected chi connectivity index (χ2v) is 7.22. The molecule has 0 bridgehead atoms. The molecule has 0 radical (unpaired) electrons. The zero-order valence-electron chi connectivity index (χ0n) is 16.6. The van der Waals surface area contributed by atoms with Crippen molar-refractivity contribution >= 4 is 17.2 Å². The summed E-state index contributed by atoms with van der Waals surface area (Å²) in [5, 5.41) is 15.2. The van der Waals surface area contributed by atoms with Crippen molar-refractivity contribution < 1.29 is 4.79 Å². The summed E-state index contributed by atoms with van der Waals surface area (Å²) in [5.74, 6) is -0.0516. The second kappa shape index (κ2) is 8.20. The van der Waals surface area contributed by atoms with Gasteiger partial charge in [-0.2, -0.15) is 9.61 Å². The maximum absolute atomic E-state index is 12.5. The Morgan fingerprint density at radius 1 is 0.774 bits per heavy atom. The molecule has 0 saturated heterocycles. The minimum atomic E-state index is -0.0516. The molecule has 31 heavy (non-hydrogen) atoms. The van der Waals surface area contributed by atoms with Crippen LogP contribution in [-0.4, -0.2) is 25.7 Å². The van der Waals surface area contributed by atoms with Crippen molar-refractivity contribution in [3.63, 3.8) is 0 Å². The van der Waals surface area contributed by atoms with Crippen LogP contribution in [0.25, 0.3) is 28.0 Å². The lowest BCUT2D eigenvalue weighted by Crippen LogP contribution is -2.14. The van der Waals surface area contributed by atoms with E-state index in [1.807, 2.05) is 78.9 Å². The highest BCUT2D eigenvalue weighted by Gasteiger charge is 2.07. The summed E-state index contributed by atoms with van der Waals surface area (Å²) in [7, 11) is 0. The number of nitrogens with zero attached hydrogens (tertiary/aromatic N) is 4. The molecule has 1 amide bonds. The molecular weight excluding hydrogens is 386 g/mol. The van der Waals surface area contributed by atoms with Crippen molar-refractivity contribution in [1.82, 2.24) is 19.8 Å². The van der Waals surface area contributed by atoms with Crippen LogP contribution in [0.3, 0.4) is 0 Å². The predicted molar refractivity (Wildman–Crippen MR) is 120 cm³/mol. The average molecular weight is 405 g/mol. The number of carbonyl (C=O) groups excluding carboxylic acids is 1. The molecule has 5 aromatic rings. The zero-order valence-corrected chi connectivity index (χ0v) is 16.6. The molecule has 0 fully saturated rings. The molecule has 5 rings (SSSR count). The van der Waals surface area contributed by atoms with Crippen LogP contribution in [0.4, 0.5) is 5.69 Å². The van der Waals surface area contributed by atoms with Crippen LogP contribution in [0.2, 0.25) is 0 Å². The van der Waals surface area contributed by atoms with E-state index in [1.165, 1.54) is 0 Å². The summed E-state index contributed by atoms with van der Waals surface area (Å²) in [4.78, 5) is 12.5. The van der Waals surface area contributed by atoms with E-state index >= 15 is 0 Å². The third-order valence-electron chi connectivity index (χ3n) is 5.05. The van der Waals surface area contributed by atoms with Crippen LogP contribution in [0.1, 0.15) is 5.56 Å².